The molecule has 0 spiro atoms. The normalized spacial score (nSPS) is 12.6. The van der Waals surface area contributed by atoms with Crippen LogP contribution in [0.15, 0.2) is 152 Å². The maximum Gasteiger partial charge on any atom is 0.197 e. The summed E-state index contributed by atoms with van der Waals surface area (Å²) in [5.74, 6) is 0. The van der Waals surface area contributed by atoms with E-state index >= 15 is 0 Å². The van der Waals surface area contributed by atoms with E-state index in [-0.39, 0.29) is 0 Å². The molecule has 1 N–H and O–H groups in total. The van der Waals surface area contributed by atoms with Gasteiger partial charge in [0.25, 0.3) is 0 Å². The lowest BCUT2D eigenvalue weighted by Gasteiger charge is -2.26. The number of nitrogens with one attached hydrogen (secondary N) is 1. The first kappa shape index (κ1) is 27.3. The highest BCUT2D eigenvalue weighted by Crippen LogP contribution is 2.45. The van der Waals surface area contributed by atoms with Crippen LogP contribution < -0.4 is 16.2 Å². The SMILES string of the molecule is Cc1ccccc1Nc1cc2c(cc1-c1cc3ccccc3c3c1[B]c1cccc4c5ccccc5n-3c14)c1cccc3c4ccccc4n2c31. The molecule has 235 valence electrons. The molecular formula is C47H29BN3. The fraction of sp³-hybridized carbons (Fsp3) is 0.0213. The number of hydrogen-bond donors (Lipinski definition) is 1. The Morgan fingerprint density at radius 1 is 0.471 bits per heavy atom. The van der Waals surface area contributed by atoms with Gasteiger partial charge in [0, 0.05) is 65.8 Å². The molecule has 12 rings (SSSR count). The number of para-hydroxylation sites is 5. The van der Waals surface area contributed by atoms with Gasteiger partial charge in [-0.2, -0.15) is 0 Å². The Morgan fingerprint density at radius 2 is 1.12 bits per heavy atom. The maximum absolute atomic E-state index is 3.95. The van der Waals surface area contributed by atoms with Gasteiger partial charge in [0.05, 0.1) is 22.1 Å². The average Bonchev–Trinajstić information content (AvgIpc) is 3.81. The first-order valence-electron chi connectivity index (χ1n) is 17.7. The molecule has 0 atom stereocenters. The second-order valence-electron chi connectivity index (χ2n) is 14.1. The van der Waals surface area contributed by atoms with Crippen LogP contribution in [0.1, 0.15) is 5.56 Å². The Kier molecular flexibility index (Phi) is 5.25. The van der Waals surface area contributed by atoms with Gasteiger partial charge < -0.3 is 14.3 Å². The van der Waals surface area contributed by atoms with E-state index in [9.17, 15) is 0 Å². The molecule has 0 amide bonds. The molecule has 0 unspecified atom stereocenters. The van der Waals surface area contributed by atoms with Crippen LogP contribution in [0.5, 0.6) is 0 Å². The van der Waals surface area contributed by atoms with Crippen LogP contribution in [-0.2, 0) is 0 Å². The maximum atomic E-state index is 3.95. The van der Waals surface area contributed by atoms with Crippen molar-refractivity contribution in [3.63, 3.8) is 0 Å². The van der Waals surface area contributed by atoms with Crippen molar-refractivity contribution in [2.75, 3.05) is 5.32 Å². The molecule has 3 aromatic heterocycles. The van der Waals surface area contributed by atoms with Crippen LogP contribution in [0.2, 0.25) is 0 Å². The summed E-state index contributed by atoms with van der Waals surface area (Å²) >= 11 is 0. The highest BCUT2D eigenvalue weighted by Gasteiger charge is 2.28. The summed E-state index contributed by atoms with van der Waals surface area (Å²) in [6.45, 7) is 2.18. The predicted molar refractivity (Wildman–Crippen MR) is 218 cm³/mol. The number of fused-ring (bicyclic) bond motifs is 13. The zero-order chi connectivity index (χ0) is 33.4. The van der Waals surface area contributed by atoms with Crippen molar-refractivity contribution in [3.05, 3.63) is 157 Å². The molecule has 51 heavy (non-hydrogen) atoms. The van der Waals surface area contributed by atoms with Gasteiger partial charge in [0.2, 0.25) is 0 Å². The number of aromatic nitrogens is 2. The van der Waals surface area contributed by atoms with E-state index in [1.165, 1.54) is 104 Å². The molecule has 1 radical (unpaired) electrons. The number of rotatable bonds is 3. The van der Waals surface area contributed by atoms with E-state index in [1.807, 2.05) is 0 Å². The fourth-order valence-electron chi connectivity index (χ4n) is 9.16. The molecule has 0 aliphatic carbocycles. The average molecular weight is 647 g/mol. The molecule has 11 aromatic rings. The van der Waals surface area contributed by atoms with Crippen molar-refractivity contribution in [2.45, 2.75) is 6.92 Å². The lowest BCUT2D eigenvalue weighted by atomic mass is 9.58. The molecule has 0 fully saturated rings. The number of hydrogen-bond acceptors (Lipinski definition) is 1. The van der Waals surface area contributed by atoms with Crippen molar-refractivity contribution in [1.29, 1.82) is 0 Å². The molecule has 4 heterocycles. The summed E-state index contributed by atoms with van der Waals surface area (Å²) in [5.41, 5.74) is 15.8. The van der Waals surface area contributed by atoms with Gasteiger partial charge in [-0.25, -0.2) is 0 Å². The zero-order valence-corrected chi connectivity index (χ0v) is 27.9. The second kappa shape index (κ2) is 9.80. The third-order valence-electron chi connectivity index (χ3n) is 11.4. The van der Waals surface area contributed by atoms with Gasteiger partial charge >= 0.3 is 0 Å². The molecular weight excluding hydrogens is 617 g/mol. The van der Waals surface area contributed by atoms with Crippen molar-refractivity contribution < 1.29 is 0 Å². The molecule has 3 nitrogen and oxygen atoms in total. The fourth-order valence-corrected chi connectivity index (χ4v) is 9.16. The third-order valence-corrected chi connectivity index (χ3v) is 11.4. The Bertz CT molecular complexity index is 3270. The Hall–Kier alpha value is -6.52. The number of aryl methyl sites for hydroxylation is 1. The summed E-state index contributed by atoms with van der Waals surface area (Å²) in [6.07, 6.45) is 0. The van der Waals surface area contributed by atoms with Gasteiger partial charge in [-0.15, -0.1) is 0 Å². The molecule has 1 aliphatic rings. The molecule has 1 aliphatic heterocycles. The van der Waals surface area contributed by atoms with Crippen molar-refractivity contribution in [3.8, 4) is 16.8 Å². The zero-order valence-electron chi connectivity index (χ0n) is 27.9. The Morgan fingerprint density at radius 3 is 1.96 bits per heavy atom. The predicted octanol–water partition coefficient (Wildman–Crippen LogP) is 10.8. The molecule has 0 bridgehead atoms. The minimum absolute atomic E-state index is 1.09. The van der Waals surface area contributed by atoms with Gasteiger partial charge in [0.15, 0.2) is 7.28 Å². The van der Waals surface area contributed by atoms with Crippen LogP contribution in [-0.4, -0.2) is 16.2 Å². The van der Waals surface area contributed by atoms with Crippen LogP contribution in [0, 0.1) is 6.92 Å². The lowest BCUT2D eigenvalue weighted by Crippen LogP contribution is -2.37. The third kappa shape index (κ3) is 3.54. The minimum atomic E-state index is 1.09. The second-order valence-corrected chi connectivity index (χ2v) is 14.1. The monoisotopic (exact) mass is 646 g/mol. The summed E-state index contributed by atoms with van der Waals surface area (Å²) in [4.78, 5) is 0. The molecule has 8 aromatic carbocycles. The highest BCUT2D eigenvalue weighted by molar-refractivity contribution is 6.74. The largest absolute Gasteiger partial charge is 0.355 e. The molecule has 0 saturated carbocycles. The minimum Gasteiger partial charge on any atom is -0.355 e. The Labute approximate surface area is 294 Å². The topological polar surface area (TPSA) is 21.4 Å². The van der Waals surface area contributed by atoms with Gasteiger partial charge in [-0.3, -0.25) is 0 Å². The van der Waals surface area contributed by atoms with Crippen LogP contribution in [0.25, 0.3) is 87.5 Å². The number of anilines is 2. The van der Waals surface area contributed by atoms with E-state index in [0.717, 1.165) is 11.4 Å². The van der Waals surface area contributed by atoms with Gasteiger partial charge in [0.1, 0.15) is 0 Å². The van der Waals surface area contributed by atoms with Crippen molar-refractivity contribution in [2.24, 2.45) is 0 Å². The summed E-state index contributed by atoms with van der Waals surface area (Å²) in [5, 5.41) is 14.1. The van der Waals surface area contributed by atoms with E-state index in [2.05, 4.69) is 180 Å². The highest BCUT2D eigenvalue weighted by atomic mass is 15.0. The van der Waals surface area contributed by atoms with Crippen LogP contribution in [0.4, 0.5) is 11.4 Å². The van der Waals surface area contributed by atoms with Gasteiger partial charge in [-0.05, 0) is 65.3 Å². The quantitative estimate of drug-likeness (QED) is 0.190. The summed E-state index contributed by atoms with van der Waals surface area (Å²) in [6, 6.07) is 55.9. The smallest absolute Gasteiger partial charge is 0.197 e. The van der Waals surface area contributed by atoms with Crippen LogP contribution in [0.3, 0.4) is 0 Å². The summed E-state index contributed by atoms with van der Waals surface area (Å²) in [7, 11) is 2.43. The molecule has 4 heteroatoms. The van der Waals surface area contributed by atoms with Crippen LogP contribution >= 0.6 is 0 Å². The van der Waals surface area contributed by atoms with Crippen molar-refractivity contribution >= 4 is 100 Å². The van der Waals surface area contributed by atoms with E-state index < -0.39 is 0 Å². The summed E-state index contributed by atoms with van der Waals surface area (Å²) < 4.78 is 5.00. The number of nitrogens with zero attached hydrogens (tertiary/aromatic N) is 2. The Balaban J connectivity index is 1.24. The first-order chi connectivity index (χ1) is 25.2. The first-order valence-corrected chi connectivity index (χ1v) is 17.7. The van der Waals surface area contributed by atoms with Gasteiger partial charge in [-0.1, -0.05) is 121 Å². The van der Waals surface area contributed by atoms with E-state index in [4.69, 9.17) is 0 Å². The lowest BCUT2D eigenvalue weighted by molar-refractivity contribution is 1.21. The van der Waals surface area contributed by atoms with Crippen molar-refractivity contribution in [1.82, 2.24) is 8.97 Å². The van der Waals surface area contributed by atoms with E-state index in [0.29, 0.717) is 0 Å². The molecule has 0 saturated heterocycles. The number of benzene rings is 8. The van der Waals surface area contributed by atoms with E-state index in [1.54, 1.807) is 0 Å². The standard InChI is InChI=1S/C47H29BN3/c1-27-12-2-7-21-39(27)49-40-26-43-36(34-18-10-17-32-30-15-5-8-22-41(30)50(43)45(32)34)25-35(40)37-24-28-13-3-4-14-29(28)47-44(37)48-38-20-11-19-33-31-16-6-9-23-42(31)51(47)46(33)38/h2-26,49H,1H3.